The number of halogens is 6. The number of quaternary nitrogens is 1. The van der Waals surface area contributed by atoms with E-state index in [0.717, 1.165) is 4.13 Å². The van der Waals surface area contributed by atoms with Crippen molar-refractivity contribution in [1.29, 1.82) is 0 Å². The summed E-state index contributed by atoms with van der Waals surface area (Å²) < 4.78 is 111. The van der Waals surface area contributed by atoms with E-state index in [2.05, 4.69) is 14.0 Å². The summed E-state index contributed by atoms with van der Waals surface area (Å²) >= 11 is 0. The molecule has 0 unspecified atom stereocenters. The Balaban J connectivity index is 0.000000661. The van der Waals surface area contributed by atoms with Gasteiger partial charge in [-0.25, -0.2) is 16.8 Å². The lowest BCUT2D eigenvalue weighted by Crippen LogP contribution is -2.48. The van der Waals surface area contributed by atoms with E-state index >= 15 is 0 Å². The summed E-state index contributed by atoms with van der Waals surface area (Å²) in [4.78, 5) is 0. The molecule has 0 aromatic heterocycles. The number of hydrogen-bond acceptors (Lipinski definition) is 4. The van der Waals surface area contributed by atoms with E-state index in [4.69, 9.17) is 0 Å². The number of rotatable bonds is 13. The Kier molecular flexibility index (Phi) is 14.6. The van der Waals surface area contributed by atoms with Crippen LogP contribution < -0.4 is 0 Å². The zero-order valence-electron chi connectivity index (χ0n) is 19.9. The van der Waals surface area contributed by atoms with Crippen molar-refractivity contribution < 1.29 is 47.7 Å². The van der Waals surface area contributed by atoms with Crippen molar-refractivity contribution in [1.82, 2.24) is 0 Å². The van der Waals surface area contributed by atoms with Crippen LogP contribution in [0.1, 0.15) is 90.4 Å². The third-order valence-corrected chi connectivity index (χ3v) is 8.47. The second kappa shape index (κ2) is 14.8. The Bertz CT molecular complexity index is 721. The topological polar surface area (TPSA) is 82.4 Å². The summed E-state index contributed by atoms with van der Waals surface area (Å²) in [6.45, 7) is 6.62. The van der Waals surface area contributed by atoms with Crippen molar-refractivity contribution in [3.8, 4) is 0 Å². The van der Waals surface area contributed by atoms with Gasteiger partial charge in [0.15, 0.2) is 20.0 Å². The van der Waals surface area contributed by atoms with Crippen molar-refractivity contribution in [2.75, 3.05) is 26.7 Å². The molecule has 0 spiro atoms. The third kappa shape index (κ3) is 13.5. The van der Waals surface area contributed by atoms with Gasteiger partial charge in [0.1, 0.15) is 0 Å². The van der Waals surface area contributed by atoms with Crippen molar-refractivity contribution >= 4 is 20.0 Å². The molecule has 0 aromatic rings. The summed E-state index contributed by atoms with van der Waals surface area (Å²) in [6, 6.07) is 0. The van der Waals surface area contributed by atoms with Gasteiger partial charge in [0.25, 0.3) is 0 Å². The smallest absolute Gasteiger partial charge is 0.421 e. The van der Waals surface area contributed by atoms with Crippen LogP contribution in [-0.2, 0) is 20.0 Å². The van der Waals surface area contributed by atoms with Gasteiger partial charge in [-0.2, -0.15) is 26.3 Å². The predicted octanol–water partition coefficient (Wildman–Crippen LogP) is 6.60. The monoisotopic (exact) mass is 548 g/mol. The molecule has 14 heteroatoms. The summed E-state index contributed by atoms with van der Waals surface area (Å²) in [7, 11) is -11.0. The number of alkyl halides is 6. The fourth-order valence-corrected chi connectivity index (χ4v) is 5.40. The van der Waals surface area contributed by atoms with Gasteiger partial charge in [-0.15, -0.1) is 0 Å². The van der Waals surface area contributed by atoms with E-state index in [-0.39, 0.29) is 0 Å². The molecular weight excluding hydrogens is 510 g/mol. The van der Waals surface area contributed by atoms with Crippen LogP contribution in [0.5, 0.6) is 0 Å². The molecule has 6 nitrogen and oxygen atoms in total. The Hall–Kier alpha value is -0.600. The molecular formula is C20H38F6N2O4S2. The molecule has 206 valence electrons. The largest absolute Gasteiger partial charge is 0.480 e. The molecule has 0 atom stereocenters. The maximum absolute atomic E-state index is 11.4. The van der Waals surface area contributed by atoms with Crippen molar-refractivity contribution in [3.63, 3.8) is 0 Å². The number of piperidine rings is 1. The minimum absolute atomic E-state index is 0.778. The van der Waals surface area contributed by atoms with Gasteiger partial charge in [0.05, 0.1) is 26.7 Å². The van der Waals surface area contributed by atoms with E-state index in [1.165, 1.54) is 108 Å². The number of nitrogens with zero attached hydrogens (tertiary/aromatic N) is 2. The normalized spacial score (nSPS) is 17.2. The second-order valence-electron chi connectivity index (χ2n) is 8.95. The van der Waals surface area contributed by atoms with Crippen LogP contribution in [0.3, 0.4) is 0 Å². The Morgan fingerprint density at radius 1 is 0.647 bits per heavy atom. The maximum Gasteiger partial charge on any atom is 0.480 e. The first-order valence-electron chi connectivity index (χ1n) is 11.7. The highest BCUT2D eigenvalue weighted by Crippen LogP contribution is 2.36. The highest BCUT2D eigenvalue weighted by Gasteiger charge is 2.46. The average molecular weight is 549 g/mol. The molecule has 1 rings (SSSR count). The van der Waals surface area contributed by atoms with Crippen LogP contribution in [0.2, 0.25) is 0 Å². The van der Waals surface area contributed by atoms with Gasteiger partial charge in [-0.05, 0) is 32.1 Å². The fraction of sp³-hybridized carbons (Fsp3) is 1.00. The van der Waals surface area contributed by atoms with E-state index in [9.17, 15) is 43.2 Å². The SMILES string of the molecule is CCCCCCCCCCCC[N+]1(C)CCCCC1.O=S(=O)([N-]S(=O)(=O)C(F)(F)F)C(F)(F)F. The van der Waals surface area contributed by atoms with Crippen LogP contribution in [0, 0.1) is 0 Å². The molecule has 0 aliphatic carbocycles. The first-order chi connectivity index (χ1) is 15.5. The highest BCUT2D eigenvalue weighted by molar-refractivity contribution is 8.13. The van der Waals surface area contributed by atoms with Gasteiger partial charge in [0, 0.05) is 0 Å². The van der Waals surface area contributed by atoms with Crippen molar-refractivity contribution in [2.24, 2.45) is 0 Å². The molecule has 1 saturated heterocycles. The summed E-state index contributed by atoms with van der Waals surface area (Å²) in [5, 5.41) is 0. The molecule has 1 heterocycles. The van der Waals surface area contributed by atoms with Crippen LogP contribution in [0.25, 0.3) is 4.13 Å². The molecule has 1 aliphatic rings. The van der Waals surface area contributed by atoms with Crippen LogP contribution in [-0.4, -0.2) is 59.0 Å². The number of sulfonamides is 2. The molecule has 1 fully saturated rings. The lowest BCUT2D eigenvalue weighted by atomic mass is 10.0. The molecule has 0 radical (unpaired) electrons. The Labute approximate surface area is 200 Å². The maximum atomic E-state index is 11.4. The van der Waals surface area contributed by atoms with Gasteiger partial charge >= 0.3 is 11.0 Å². The van der Waals surface area contributed by atoms with Crippen LogP contribution >= 0.6 is 0 Å². The second-order valence-corrected chi connectivity index (χ2v) is 12.4. The molecule has 34 heavy (non-hydrogen) atoms. The molecule has 1 aliphatic heterocycles. The molecule has 0 N–H and O–H groups in total. The fourth-order valence-electron chi connectivity index (χ4n) is 3.69. The first-order valence-corrected chi connectivity index (χ1v) is 14.6. The van der Waals surface area contributed by atoms with Gasteiger partial charge in [-0.3, -0.25) is 0 Å². The quantitative estimate of drug-likeness (QED) is 0.148. The van der Waals surface area contributed by atoms with Gasteiger partial charge < -0.3 is 8.61 Å². The minimum Gasteiger partial charge on any atom is -0.421 e. The summed E-state index contributed by atoms with van der Waals surface area (Å²) in [5.41, 5.74) is -12.4. The Morgan fingerprint density at radius 2 is 1.00 bits per heavy atom. The van der Waals surface area contributed by atoms with Crippen molar-refractivity contribution in [3.05, 3.63) is 4.13 Å². The van der Waals surface area contributed by atoms with E-state index in [0.29, 0.717) is 0 Å². The number of hydrogen-bond donors (Lipinski definition) is 0. The van der Waals surface area contributed by atoms with Crippen LogP contribution in [0.15, 0.2) is 0 Å². The van der Waals surface area contributed by atoms with Gasteiger partial charge in [0.2, 0.25) is 0 Å². The predicted molar refractivity (Wildman–Crippen MR) is 120 cm³/mol. The summed E-state index contributed by atoms with van der Waals surface area (Å²) in [5.74, 6) is 0. The van der Waals surface area contributed by atoms with Crippen molar-refractivity contribution in [2.45, 2.75) is 101 Å². The highest BCUT2D eigenvalue weighted by atomic mass is 32.3. The molecule has 0 aromatic carbocycles. The molecule has 0 bridgehead atoms. The minimum atomic E-state index is -6.72. The number of unbranched alkanes of at least 4 members (excludes halogenated alkanes) is 9. The van der Waals surface area contributed by atoms with E-state index < -0.39 is 31.1 Å². The lowest BCUT2D eigenvalue weighted by molar-refractivity contribution is -0.914. The summed E-state index contributed by atoms with van der Waals surface area (Å²) in [6.07, 6.45) is 19.0. The number of likely N-dealkylation sites (tertiary alicyclic amines) is 1. The molecule has 0 amide bonds. The Morgan fingerprint density at radius 3 is 1.35 bits per heavy atom. The zero-order chi connectivity index (χ0) is 26.5. The molecule has 0 saturated carbocycles. The standard InChI is InChI=1S/C18H38N.C2F6NO4S2/c1-3-4-5-6-7-8-9-10-11-13-16-19(2)17-14-12-15-18-19;3-1(4,5)14(10,11)9-15(12,13)2(6,7)8/h3-18H2,1-2H3;/q+1;-1. The third-order valence-electron chi connectivity index (χ3n) is 5.73. The zero-order valence-corrected chi connectivity index (χ0v) is 21.6. The average Bonchev–Trinajstić information content (AvgIpc) is 2.68. The first kappa shape index (κ1) is 33.4. The van der Waals surface area contributed by atoms with E-state index in [1.54, 1.807) is 0 Å². The van der Waals surface area contributed by atoms with Gasteiger partial charge in [-0.1, -0.05) is 58.3 Å². The van der Waals surface area contributed by atoms with Crippen LogP contribution in [0.4, 0.5) is 26.3 Å². The lowest BCUT2D eigenvalue weighted by Gasteiger charge is -2.37. The van der Waals surface area contributed by atoms with E-state index in [1.807, 2.05) is 0 Å².